The van der Waals surface area contributed by atoms with Crippen LogP contribution in [0.4, 0.5) is 15.8 Å². The van der Waals surface area contributed by atoms with E-state index in [1.807, 2.05) is 12.1 Å². The van der Waals surface area contributed by atoms with Crippen LogP contribution in [-0.4, -0.2) is 42.5 Å². The molecule has 0 aromatic heterocycles. The van der Waals surface area contributed by atoms with Crippen molar-refractivity contribution in [3.8, 4) is 0 Å². The van der Waals surface area contributed by atoms with Crippen LogP contribution < -0.4 is 16.4 Å². The number of nitrogens with one attached hydrogen (secondary N) is 2. The van der Waals surface area contributed by atoms with Crippen LogP contribution in [0.3, 0.4) is 0 Å². The SMILES string of the molecule is COC(=O)c1ccc(C2C[C@H]3[C@@H](N2)[C@H](c2cccc(Cl)c2F)[C@]2(C(=O)Nc4cc(Cl)ccc42)N3CC(C)C)c(N)c1. The van der Waals surface area contributed by atoms with Crippen LogP contribution in [-0.2, 0) is 15.1 Å². The third-order valence-electron chi connectivity index (χ3n) is 8.70. The van der Waals surface area contributed by atoms with Gasteiger partial charge in [0.15, 0.2) is 0 Å². The molecule has 10 heteroatoms. The molecule has 0 aliphatic carbocycles. The topological polar surface area (TPSA) is 96.7 Å². The molecule has 6 rings (SSSR count). The molecule has 0 radical (unpaired) electrons. The van der Waals surface area contributed by atoms with Crippen molar-refractivity contribution in [1.82, 2.24) is 10.2 Å². The van der Waals surface area contributed by atoms with E-state index in [-0.39, 0.29) is 35.0 Å². The average Bonchev–Trinajstić information content (AvgIpc) is 3.55. The second-order valence-corrected chi connectivity index (χ2v) is 12.3. The van der Waals surface area contributed by atoms with Gasteiger partial charge in [-0.1, -0.05) is 61.3 Å². The van der Waals surface area contributed by atoms with Gasteiger partial charge in [-0.25, -0.2) is 9.18 Å². The highest BCUT2D eigenvalue weighted by Crippen LogP contribution is 2.60. The first-order valence-electron chi connectivity index (χ1n) is 13.6. The van der Waals surface area contributed by atoms with E-state index in [1.54, 1.807) is 36.4 Å². The Balaban J connectivity index is 1.52. The molecule has 1 spiro atoms. The van der Waals surface area contributed by atoms with Crippen molar-refractivity contribution in [1.29, 1.82) is 0 Å². The Morgan fingerprint density at radius 1 is 1.17 bits per heavy atom. The molecule has 3 aliphatic heterocycles. The number of ether oxygens (including phenoxy) is 1. The standard InChI is InChI=1S/C31H31Cl2FN4O3/c1-15(2)14-38-25-13-23(18-9-7-16(11-22(18)35)29(39)41-3)36-28(25)26(19-5-4-6-21(33)27(19)34)31(38)20-10-8-17(32)12-24(20)37-30(31)40/h4-12,15,23,25-26,28,36H,13-14,35H2,1-3H3,(H,37,40)/t23?,25-,26-,28+,31+/m0/s1. The number of hydrogen-bond donors (Lipinski definition) is 3. The smallest absolute Gasteiger partial charge is 0.337 e. The lowest BCUT2D eigenvalue weighted by Crippen LogP contribution is -2.53. The van der Waals surface area contributed by atoms with Crippen molar-refractivity contribution < 1.29 is 18.7 Å². The van der Waals surface area contributed by atoms with Crippen molar-refractivity contribution in [2.45, 2.75) is 49.9 Å². The van der Waals surface area contributed by atoms with Crippen LogP contribution in [0.5, 0.6) is 0 Å². The average molecular weight is 598 g/mol. The number of hydrogen-bond acceptors (Lipinski definition) is 6. The zero-order valence-corrected chi connectivity index (χ0v) is 24.4. The Labute approximate surface area is 248 Å². The van der Waals surface area contributed by atoms with Gasteiger partial charge >= 0.3 is 5.97 Å². The van der Waals surface area contributed by atoms with E-state index < -0.39 is 23.2 Å². The van der Waals surface area contributed by atoms with Crippen LogP contribution in [0.25, 0.3) is 0 Å². The summed E-state index contributed by atoms with van der Waals surface area (Å²) in [7, 11) is 1.33. The minimum Gasteiger partial charge on any atom is -0.465 e. The molecule has 3 aliphatic rings. The summed E-state index contributed by atoms with van der Waals surface area (Å²) >= 11 is 12.7. The molecule has 1 unspecified atom stereocenters. The molecule has 7 nitrogen and oxygen atoms in total. The number of anilines is 2. The molecule has 3 aromatic carbocycles. The second kappa shape index (κ2) is 10.3. The summed E-state index contributed by atoms with van der Waals surface area (Å²) in [6.45, 7) is 4.81. The Morgan fingerprint density at radius 2 is 1.95 bits per heavy atom. The monoisotopic (exact) mass is 596 g/mol. The van der Waals surface area contributed by atoms with Gasteiger partial charge in [0.2, 0.25) is 5.91 Å². The second-order valence-electron chi connectivity index (χ2n) is 11.5. The van der Waals surface area contributed by atoms with Gasteiger partial charge in [0.05, 0.1) is 17.7 Å². The van der Waals surface area contributed by atoms with E-state index in [0.717, 1.165) is 11.1 Å². The summed E-state index contributed by atoms with van der Waals surface area (Å²) in [5, 5.41) is 7.30. The molecule has 214 valence electrons. The number of likely N-dealkylation sites (tertiary alicyclic amines) is 1. The summed E-state index contributed by atoms with van der Waals surface area (Å²) in [4.78, 5) is 28.6. The summed E-state index contributed by atoms with van der Waals surface area (Å²) in [5.41, 5.74) is 8.68. The Kier molecular flexibility index (Phi) is 7.01. The number of methoxy groups -OCH3 is 1. The molecule has 4 N–H and O–H groups in total. The lowest BCUT2D eigenvalue weighted by molar-refractivity contribution is -0.128. The van der Waals surface area contributed by atoms with Crippen molar-refractivity contribution in [3.63, 3.8) is 0 Å². The van der Waals surface area contributed by atoms with Gasteiger partial charge in [-0.2, -0.15) is 0 Å². The number of rotatable bonds is 5. The zero-order valence-electron chi connectivity index (χ0n) is 22.9. The highest BCUT2D eigenvalue weighted by atomic mass is 35.5. The van der Waals surface area contributed by atoms with Crippen LogP contribution in [0.1, 0.15) is 59.3 Å². The number of carbonyl (C=O) groups excluding carboxylic acids is 2. The predicted molar refractivity (Wildman–Crippen MR) is 158 cm³/mol. The number of carbonyl (C=O) groups is 2. The number of amides is 1. The number of fused-ring (bicyclic) bond motifs is 3. The first-order valence-corrected chi connectivity index (χ1v) is 14.4. The Bertz CT molecular complexity index is 1570. The largest absolute Gasteiger partial charge is 0.465 e. The van der Waals surface area contributed by atoms with Gasteiger partial charge in [0.1, 0.15) is 11.4 Å². The molecule has 0 saturated carbocycles. The number of nitrogens with two attached hydrogens (primary N) is 1. The fourth-order valence-corrected chi connectivity index (χ4v) is 7.58. The predicted octanol–water partition coefficient (Wildman–Crippen LogP) is 5.88. The molecule has 3 aromatic rings. The maximum absolute atomic E-state index is 15.9. The van der Waals surface area contributed by atoms with Crippen LogP contribution in [0, 0.1) is 11.7 Å². The number of nitrogens with zero attached hydrogens (tertiary/aromatic N) is 1. The van der Waals surface area contributed by atoms with E-state index in [2.05, 4.69) is 29.4 Å². The molecule has 1 amide bonds. The van der Waals surface area contributed by atoms with Crippen molar-refractivity contribution in [2.24, 2.45) is 5.92 Å². The highest BCUT2D eigenvalue weighted by Gasteiger charge is 2.68. The van der Waals surface area contributed by atoms with Gasteiger partial charge in [0.25, 0.3) is 0 Å². The molecular formula is C31H31Cl2FN4O3. The van der Waals surface area contributed by atoms with E-state index in [9.17, 15) is 9.59 Å². The molecule has 3 heterocycles. The third kappa shape index (κ3) is 4.23. The quantitative estimate of drug-likeness (QED) is 0.251. The van der Waals surface area contributed by atoms with Gasteiger partial charge < -0.3 is 21.1 Å². The van der Waals surface area contributed by atoms with E-state index in [1.165, 1.54) is 13.2 Å². The number of halogens is 3. The summed E-state index contributed by atoms with van der Waals surface area (Å²) < 4.78 is 20.8. The minimum atomic E-state index is -1.19. The zero-order chi connectivity index (χ0) is 29.2. The first kappa shape index (κ1) is 28.0. The van der Waals surface area contributed by atoms with E-state index in [4.69, 9.17) is 33.7 Å². The molecule has 0 bridgehead atoms. The normalized spacial score (nSPS) is 26.9. The number of esters is 1. The van der Waals surface area contributed by atoms with Crippen molar-refractivity contribution in [2.75, 3.05) is 24.7 Å². The fourth-order valence-electron chi connectivity index (χ4n) is 7.23. The lowest BCUT2D eigenvalue weighted by atomic mass is 9.73. The summed E-state index contributed by atoms with van der Waals surface area (Å²) in [6, 6.07) is 14.8. The number of nitrogen functional groups attached to an aromatic ring is 1. The Morgan fingerprint density at radius 3 is 2.66 bits per heavy atom. The minimum absolute atomic E-state index is 0.00318. The van der Waals surface area contributed by atoms with Gasteiger partial charge in [-0.15, -0.1) is 0 Å². The number of benzene rings is 3. The van der Waals surface area contributed by atoms with Gasteiger partial charge in [0, 0.05) is 52.5 Å². The highest BCUT2D eigenvalue weighted by molar-refractivity contribution is 6.31. The van der Waals surface area contributed by atoms with Crippen molar-refractivity contribution >= 4 is 46.5 Å². The third-order valence-corrected chi connectivity index (χ3v) is 9.22. The molecular weight excluding hydrogens is 566 g/mol. The molecule has 5 atom stereocenters. The fraction of sp³-hybridized carbons (Fsp3) is 0.355. The van der Waals surface area contributed by atoms with Crippen LogP contribution in [0.2, 0.25) is 10.0 Å². The van der Waals surface area contributed by atoms with Crippen molar-refractivity contribution in [3.05, 3.63) is 92.7 Å². The van der Waals surface area contributed by atoms with E-state index in [0.29, 0.717) is 40.5 Å². The van der Waals surface area contributed by atoms with Crippen LogP contribution >= 0.6 is 23.2 Å². The van der Waals surface area contributed by atoms with Crippen LogP contribution in [0.15, 0.2) is 54.6 Å². The van der Waals surface area contributed by atoms with E-state index >= 15 is 4.39 Å². The maximum Gasteiger partial charge on any atom is 0.337 e. The van der Waals surface area contributed by atoms with Gasteiger partial charge in [-0.3, -0.25) is 9.69 Å². The summed E-state index contributed by atoms with van der Waals surface area (Å²) in [5.74, 6) is -1.62. The molecule has 2 saturated heterocycles. The Hall–Kier alpha value is -3.17. The lowest BCUT2D eigenvalue weighted by Gasteiger charge is -2.41. The molecule has 41 heavy (non-hydrogen) atoms. The van der Waals surface area contributed by atoms with Gasteiger partial charge in [-0.05, 0) is 53.8 Å². The summed E-state index contributed by atoms with van der Waals surface area (Å²) in [6.07, 6.45) is 0.621. The first-order chi connectivity index (χ1) is 19.6. The molecule has 2 fully saturated rings. The maximum atomic E-state index is 15.9.